The molecule has 0 spiro atoms. The fourth-order valence-electron chi connectivity index (χ4n) is 4.77. The second-order valence-electron chi connectivity index (χ2n) is 10.6. The van der Waals surface area contributed by atoms with E-state index in [1.165, 1.54) is 5.56 Å². The Kier molecular flexibility index (Phi) is 8.24. The lowest BCUT2D eigenvalue weighted by atomic mass is 10.1. The van der Waals surface area contributed by atoms with Crippen molar-refractivity contribution in [1.82, 2.24) is 9.34 Å². The molecule has 0 amide bonds. The first kappa shape index (κ1) is 25.8. The summed E-state index contributed by atoms with van der Waals surface area (Å²) >= 11 is 0. The van der Waals surface area contributed by atoms with Crippen LogP contribution in [-0.2, 0) is 4.74 Å². The molecule has 2 atom stereocenters. The Hall–Kier alpha value is -0.453. The summed E-state index contributed by atoms with van der Waals surface area (Å²) in [6.45, 7) is 26.2. The van der Waals surface area contributed by atoms with Gasteiger partial charge in [0.1, 0.15) is 16.8 Å². The van der Waals surface area contributed by atoms with Crippen molar-refractivity contribution >= 4 is 16.3 Å². The first-order chi connectivity index (χ1) is 13.8. The number of hydrogen-bond acceptors (Lipinski definition) is 4. The van der Waals surface area contributed by atoms with E-state index in [1.807, 2.05) is 0 Å². The lowest BCUT2D eigenvalue weighted by molar-refractivity contribution is 0.243. The van der Waals surface area contributed by atoms with Gasteiger partial charge in [0.25, 0.3) is 0 Å². The molecule has 0 bridgehead atoms. The number of nitrogens with zero attached hydrogens (tertiary/aromatic N) is 2. The van der Waals surface area contributed by atoms with Gasteiger partial charge >= 0.3 is 0 Å². The molecule has 1 aromatic carbocycles. The van der Waals surface area contributed by atoms with Crippen molar-refractivity contribution in [3.05, 3.63) is 29.8 Å². The molecule has 4 nitrogen and oxygen atoms in total. The number of benzene rings is 1. The zero-order valence-corrected chi connectivity index (χ0v) is 23.2. The summed E-state index contributed by atoms with van der Waals surface area (Å²) in [7, 11) is -0.664. The molecule has 0 saturated carbocycles. The smallest absolute Gasteiger partial charge is 0.133 e. The molecule has 1 aliphatic rings. The standard InChI is InChI=1S/C24H45N2O2PSi/c1-17(2)25(18(3)4)29(26(19(5)6)20(7)8)24(30(10,11)12)23(28-24)21-13-15-22(27-9)16-14-21/h13-20,23H,1-12H3/t23-,24+/m0/s1. The van der Waals surface area contributed by atoms with Crippen LogP contribution in [0.1, 0.15) is 67.1 Å². The molecule has 0 aromatic heterocycles. The van der Waals surface area contributed by atoms with Gasteiger partial charge in [0.15, 0.2) is 0 Å². The number of ether oxygens (including phenoxy) is 2. The highest BCUT2D eigenvalue weighted by Gasteiger charge is 2.72. The van der Waals surface area contributed by atoms with Crippen LogP contribution in [0.4, 0.5) is 0 Å². The van der Waals surface area contributed by atoms with Gasteiger partial charge in [0.2, 0.25) is 0 Å². The van der Waals surface area contributed by atoms with Crippen molar-refractivity contribution in [2.75, 3.05) is 7.11 Å². The maximum absolute atomic E-state index is 6.92. The number of methoxy groups -OCH3 is 1. The fourth-order valence-corrected chi connectivity index (χ4v) is 12.5. The third-order valence-electron chi connectivity index (χ3n) is 5.94. The molecular formula is C24H45N2O2PSi. The van der Waals surface area contributed by atoms with E-state index < -0.39 is 16.3 Å². The summed E-state index contributed by atoms with van der Waals surface area (Å²) in [4.78, 5) is -0.0972. The van der Waals surface area contributed by atoms with Crippen molar-refractivity contribution in [2.24, 2.45) is 0 Å². The van der Waals surface area contributed by atoms with Crippen molar-refractivity contribution < 1.29 is 9.47 Å². The SMILES string of the molecule is COc1ccc([C@@H]2O[C@]2(P(N(C(C)C)C(C)C)N(C(C)C)C(C)C)[Si](C)(C)C)cc1. The van der Waals surface area contributed by atoms with E-state index in [0.717, 1.165) is 5.75 Å². The molecule has 1 heterocycles. The first-order valence-corrected chi connectivity index (χ1v) is 16.2. The van der Waals surface area contributed by atoms with Gasteiger partial charge in [-0.1, -0.05) is 31.8 Å². The van der Waals surface area contributed by atoms with Gasteiger partial charge in [0.05, 0.1) is 23.4 Å². The highest BCUT2D eigenvalue weighted by molar-refractivity contribution is 7.58. The van der Waals surface area contributed by atoms with E-state index in [2.05, 4.69) is 109 Å². The maximum atomic E-state index is 6.92. The summed E-state index contributed by atoms with van der Waals surface area (Å²) in [6.07, 6.45) is 0.154. The van der Waals surface area contributed by atoms with Crippen LogP contribution in [0, 0.1) is 0 Å². The zero-order valence-electron chi connectivity index (χ0n) is 21.4. The Labute approximate surface area is 188 Å². The van der Waals surface area contributed by atoms with E-state index in [9.17, 15) is 0 Å². The van der Waals surface area contributed by atoms with Crippen molar-refractivity contribution in [3.8, 4) is 5.75 Å². The monoisotopic (exact) mass is 452 g/mol. The van der Waals surface area contributed by atoms with Crippen LogP contribution in [0.5, 0.6) is 5.75 Å². The molecule has 30 heavy (non-hydrogen) atoms. The van der Waals surface area contributed by atoms with Gasteiger partial charge in [-0.05, 0) is 73.1 Å². The Bertz CT molecular complexity index is 651. The van der Waals surface area contributed by atoms with Crippen molar-refractivity contribution in [3.63, 3.8) is 0 Å². The van der Waals surface area contributed by atoms with Crippen LogP contribution < -0.4 is 4.74 Å². The topological polar surface area (TPSA) is 28.2 Å². The van der Waals surface area contributed by atoms with Crippen LogP contribution in [0.3, 0.4) is 0 Å². The fraction of sp³-hybridized carbons (Fsp3) is 0.750. The van der Waals surface area contributed by atoms with Gasteiger partial charge in [-0.2, -0.15) is 0 Å². The highest BCUT2D eigenvalue weighted by atomic mass is 31.1. The van der Waals surface area contributed by atoms with Crippen molar-refractivity contribution in [2.45, 2.75) is 110 Å². The summed E-state index contributed by atoms with van der Waals surface area (Å²) < 4.78 is 17.8. The third kappa shape index (κ3) is 4.81. The third-order valence-corrected chi connectivity index (χ3v) is 14.7. The van der Waals surface area contributed by atoms with Crippen molar-refractivity contribution in [1.29, 1.82) is 0 Å². The minimum Gasteiger partial charge on any atom is -0.497 e. The number of rotatable bonds is 10. The molecule has 0 unspecified atom stereocenters. The van der Waals surface area contributed by atoms with Gasteiger partial charge in [-0.3, -0.25) is 9.34 Å². The molecule has 1 aliphatic heterocycles. The molecule has 172 valence electrons. The number of epoxide rings is 1. The Morgan fingerprint density at radius 3 is 1.53 bits per heavy atom. The molecular weight excluding hydrogens is 407 g/mol. The van der Waals surface area contributed by atoms with E-state index in [1.54, 1.807) is 7.11 Å². The average molecular weight is 453 g/mol. The van der Waals surface area contributed by atoms with E-state index in [4.69, 9.17) is 9.47 Å². The molecule has 1 aromatic rings. The zero-order chi connectivity index (χ0) is 23.0. The maximum Gasteiger partial charge on any atom is 0.133 e. The van der Waals surface area contributed by atoms with Crippen LogP contribution in [0.15, 0.2) is 24.3 Å². The van der Waals surface area contributed by atoms with Gasteiger partial charge < -0.3 is 9.47 Å². The van der Waals surface area contributed by atoms with Crippen LogP contribution in [-0.4, -0.2) is 53.7 Å². The Morgan fingerprint density at radius 2 is 1.23 bits per heavy atom. The summed E-state index contributed by atoms with van der Waals surface area (Å²) in [5.74, 6) is 0.900. The lowest BCUT2D eigenvalue weighted by Crippen LogP contribution is -2.53. The largest absolute Gasteiger partial charge is 0.497 e. The number of hydrogen-bond donors (Lipinski definition) is 0. The summed E-state index contributed by atoms with van der Waals surface area (Å²) in [5, 5.41) is 0. The second-order valence-corrected chi connectivity index (χ2v) is 18.5. The summed E-state index contributed by atoms with van der Waals surface area (Å²) in [5.41, 5.74) is 1.28. The van der Waals surface area contributed by atoms with Gasteiger partial charge in [-0.25, -0.2) is 0 Å². The Balaban J connectivity index is 2.66. The van der Waals surface area contributed by atoms with Gasteiger partial charge in [-0.15, -0.1) is 0 Å². The van der Waals surface area contributed by atoms with Gasteiger partial charge in [0, 0.05) is 24.2 Å². The minimum absolute atomic E-state index is 0.0972. The molecule has 1 saturated heterocycles. The van der Waals surface area contributed by atoms with E-state index in [-0.39, 0.29) is 11.1 Å². The molecule has 0 aliphatic carbocycles. The normalized spacial score (nSPS) is 22.4. The first-order valence-electron chi connectivity index (χ1n) is 11.5. The summed E-state index contributed by atoms with van der Waals surface area (Å²) in [6, 6.07) is 10.4. The predicted octanol–water partition coefficient (Wildman–Crippen LogP) is 6.89. The second kappa shape index (κ2) is 9.58. The lowest BCUT2D eigenvalue weighted by Gasteiger charge is -2.52. The molecule has 0 radical (unpaired) electrons. The average Bonchev–Trinajstić information content (AvgIpc) is 3.36. The van der Waals surface area contributed by atoms with Crippen LogP contribution in [0.25, 0.3) is 0 Å². The highest BCUT2D eigenvalue weighted by Crippen LogP contribution is 2.76. The van der Waals surface area contributed by atoms with Crippen LogP contribution >= 0.6 is 8.22 Å². The minimum atomic E-state index is -1.72. The van der Waals surface area contributed by atoms with E-state index >= 15 is 0 Å². The van der Waals surface area contributed by atoms with E-state index in [0.29, 0.717) is 24.2 Å². The molecule has 1 fully saturated rings. The quantitative estimate of drug-likeness (QED) is 0.219. The van der Waals surface area contributed by atoms with Crippen LogP contribution in [0.2, 0.25) is 19.6 Å². The molecule has 0 N–H and O–H groups in total. The predicted molar refractivity (Wildman–Crippen MR) is 134 cm³/mol. The Morgan fingerprint density at radius 1 is 0.833 bits per heavy atom. The molecule has 6 heteroatoms. The molecule has 2 rings (SSSR count).